The van der Waals surface area contributed by atoms with Gasteiger partial charge in [0.05, 0.1) is 18.9 Å². The van der Waals surface area contributed by atoms with E-state index < -0.39 is 11.9 Å². The predicted molar refractivity (Wildman–Crippen MR) is 74.9 cm³/mol. The second kappa shape index (κ2) is 6.25. The molecule has 0 aliphatic rings. The van der Waals surface area contributed by atoms with E-state index in [0.717, 1.165) is 0 Å². The van der Waals surface area contributed by atoms with E-state index in [1.165, 1.54) is 0 Å². The lowest BCUT2D eigenvalue weighted by atomic mass is 10.1. The van der Waals surface area contributed by atoms with E-state index in [0.29, 0.717) is 11.3 Å². The van der Waals surface area contributed by atoms with Gasteiger partial charge in [-0.05, 0) is 19.9 Å². The fourth-order valence-electron chi connectivity index (χ4n) is 1.96. The number of rotatable bonds is 5. The van der Waals surface area contributed by atoms with Gasteiger partial charge in [0.15, 0.2) is 0 Å². The average molecular weight is 291 g/mol. The second-order valence-corrected chi connectivity index (χ2v) is 4.27. The van der Waals surface area contributed by atoms with Gasteiger partial charge in [-0.25, -0.2) is 9.59 Å². The van der Waals surface area contributed by atoms with Gasteiger partial charge in [-0.3, -0.25) is 4.68 Å². The van der Waals surface area contributed by atoms with Gasteiger partial charge in [-0.1, -0.05) is 0 Å². The summed E-state index contributed by atoms with van der Waals surface area (Å²) in [5, 5.41) is 4.24. The third kappa shape index (κ3) is 2.96. The quantitative estimate of drug-likeness (QED) is 0.848. The van der Waals surface area contributed by atoms with Gasteiger partial charge in [0.25, 0.3) is 0 Å². The Hall–Kier alpha value is -2.57. The molecule has 2 rings (SSSR count). The summed E-state index contributed by atoms with van der Waals surface area (Å²) in [5.41, 5.74) is 1.31. The van der Waals surface area contributed by atoms with Crippen LogP contribution in [-0.4, -0.2) is 39.9 Å². The molecule has 7 heteroatoms. The fourth-order valence-corrected chi connectivity index (χ4v) is 1.96. The van der Waals surface area contributed by atoms with E-state index >= 15 is 0 Å². The van der Waals surface area contributed by atoms with Crippen LogP contribution in [-0.2, 0) is 16.5 Å². The highest BCUT2D eigenvalue weighted by molar-refractivity contribution is 6.06. The number of nitrogens with one attached hydrogen (secondary N) is 1. The molecule has 2 heterocycles. The van der Waals surface area contributed by atoms with Crippen molar-refractivity contribution in [3.63, 3.8) is 0 Å². The maximum Gasteiger partial charge on any atom is 0.355 e. The van der Waals surface area contributed by atoms with Crippen molar-refractivity contribution < 1.29 is 19.1 Å². The highest BCUT2D eigenvalue weighted by Gasteiger charge is 2.26. The van der Waals surface area contributed by atoms with Crippen molar-refractivity contribution in [1.82, 2.24) is 14.8 Å². The minimum absolute atomic E-state index is 0.0796. The molecule has 7 nitrogen and oxygen atoms in total. The summed E-state index contributed by atoms with van der Waals surface area (Å²) in [4.78, 5) is 26.9. The summed E-state index contributed by atoms with van der Waals surface area (Å²) < 4.78 is 11.6. The first-order chi connectivity index (χ1) is 10.1. The van der Waals surface area contributed by atoms with Crippen molar-refractivity contribution in [3.8, 4) is 11.3 Å². The number of aromatic nitrogens is 3. The van der Waals surface area contributed by atoms with Crippen LogP contribution in [0.2, 0.25) is 0 Å². The predicted octanol–water partition coefficient (Wildman–Crippen LogP) is 1.77. The number of carbonyl (C=O) groups excluding carboxylic acids is 2. The number of H-pyrrole nitrogens is 1. The van der Waals surface area contributed by atoms with Crippen LogP contribution < -0.4 is 0 Å². The van der Waals surface area contributed by atoms with E-state index in [2.05, 4.69) is 10.1 Å². The zero-order chi connectivity index (χ0) is 15.4. The molecule has 0 aromatic carbocycles. The normalized spacial score (nSPS) is 10.4. The minimum Gasteiger partial charge on any atom is -0.462 e. The number of aryl methyl sites for hydroxylation is 1. The molecule has 0 saturated heterocycles. The monoisotopic (exact) mass is 291 g/mol. The van der Waals surface area contributed by atoms with E-state index in [-0.39, 0.29) is 24.5 Å². The van der Waals surface area contributed by atoms with Crippen LogP contribution in [0.25, 0.3) is 11.3 Å². The van der Waals surface area contributed by atoms with E-state index in [1.807, 2.05) is 0 Å². The highest BCUT2D eigenvalue weighted by Crippen LogP contribution is 2.26. The summed E-state index contributed by atoms with van der Waals surface area (Å²) in [6, 6.07) is 1.75. The molecular weight excluding hydrogens is 274 g/mol. The molecule has 2 aromatic rings. The molecule has 112 valence electrons. The number of ether oxygens (including phenoxy) is 2. The van der Waals surface area contributed by atoms with Gasteiger partial charge < -0.3 is 14.5 Å². The van der Waals surface area contributed by atoms with Crippen molar-refractivity contribution >= 4 is 11.9 Å². The van der Waals surface area contributed by atoms with Crippen molar-refractivity contribution in [2.24, 2.45) is 7.05 Å². The Bertz CT molecular complexity index is 657. The minimum atomic E-state index is -0.595. The molecule has 0 atom stereocenters. The van der Waals surface area contributed by atoms with Crippen LogP contribution in [0.1, 0.15) is 34.7 Å². The fraction of sp³-hybridized carbons (Fsp3) is 0.357. The van der Waals surface area contributed by atoms with E-state index in [9.17, 15) is 9.59 Å². The van der Waals surface area contributed by atoms with Gasteiger partial charge in [0, 0.05) is 25.0 Å². The van der Waals surface area contributed by atoms with Crippen molar-refractivity contribution in [2.45, 2.75) is 13.8 Å². The lowest BCUT2D eigenvalue weighted by Crippen LogP contribution is -2.14. The number of hydrogen-bond acceptors (Lipinski definition) is 5. The first kappa shape index (κ1) is 14.8. The molecule has 0 bridgehead atoms. The number of aromatic amines is 1. The first-order valence-electron chi connectivity index (χ1n) is 6.64. The molecule has 1 N–H and O–H groups in total. The Kier molecular flexibility index (Phi) is 4.42. The third-order valence-corrected chi connectivity index (χ3v) is 2.83. The molecule has 0 spiro atoms. The Morgan fingerprint density at radius 2 is 1.90 bits per heavy atom. The number of carbonyl (C=O) groups is 2. The molecular formula is C14H17N3O4. The first-order valence-corrected chi connectivity index (χ1v) is 6.64. The van der Waals surface area contributed by atoms with Gasteiger partial charge in [-0.2, -0.15) is 5.10 Å². The molecule has 21 heavy (non-hydrogen) atoms. The highest BCUT2D eigenvalue weighted by atomic mass is 16.5. The molecule has 0 unspecified atom stereocenters. The third-order valence-electron chi connectivity index (χ3n) is 2.83. The number of hydrogen-bond donors (Lipinski definition) is 1. The van der Waals surface area contributed by atoms with Crippen LogP contribution >= 0.6 is 0 Å². The Morgan fingerprint density at radius 1 is 1.24 bits per heavy atom. The molecule has 0 aliphatic carbocycles. The maximum atomic E-state index is 12.2. The zero-order valence-corrected chi connectivity index (χ0v) is 12.2. The summed E-state index contributed by atoms with van der Waals surface area (Å²) in [7, 11) is 1.77. The summed E-state index contributed by atoms with van der Waals surface area (Å²) in [6.45, 7) is 3.84. The van der Waals surface area contributed by atoms with Gasteiger partial charge in [0.1, 0.15) is 11.3 Å². The summed E-state index contributed by atoms with van der Waals surface area (Å²) in [6.07, 6.45) is 3.31. The second-order valence-electron chi connectivity index (χ2n) is 4.27. The summed E-state index contributed by atoms with van der Waals surface area (Å²) in [5.74, 6) is -1.18. The number of esters is 2. The van der Waals surface area contributed by atoms with Crippen molar-refractivity contribution in [3.05, 3.63) is 29.7 Å². The Labute approximate surface area is 121 Å². The SMILES string of the molecule is CCOC(=O)c1[nH]cc(-c2ccn(C)n2)c1C(=O)OCC. The van der Waals surface area contributed by atoms with Crippen molar-refractivity contribution in [2.75, 3.05) is 13.2 Å². The largest absolute Gasteiger partial charge is 0.462 e. The zero-order valence-electron chi connectivity index (χ0n) is 12.2. The molecule has 2 aromatic heterocycles. The lowest BCUT2D eigenvalue weighted by Gasteiger charge is -2.05. The van der Waals surface area contributed by atoms with Gasteiger partial charge in [0.2, 0.25) is 0 Å². The smallest absolute Gasteiger partial charge is 0.355 e. The lowest BCUT2D eigenvalue weighted by molar-refractivity contribution is 0.0476. The Morgan fingerprint density at radius 3 is 2.48 bits per heavy atom. The van der Waals surface area contributed by atoms with E-state index in [1.54, 1.807) is 44.0 Å². The van der Waals surface area contributed by atoms with Gasteiger partial charge in [-0.15, -0.1) is 0 Å². The van der Waals surface area contributed by atoms with Gasteiger partial charge >= 0.3 is 11.9 Å². The molecule has 0 fully saturated rings. The average Bonchev–Trinajstić information content (AvgIpc) is 3.05. The van der Waals surface area contributed by atoms with Crippen LogP contribution in [0.5, 0.6) is 0 Å². The standard InChI is InChI=1S/C14H17N3O4/c1-4-20-13(18)11-9(10-6-7-17(3)16-10)8-15-12(11)14(19)21-5-2/h6-8,15H,4-5H2,1-3H3. The molecule has 0 amide bonds. The van der Waals surface area contributed by atoms with Crippen molar-refractivity contribution in [1.29, 1.82) is 0 Å². The van der Waals surface area contributed by atoms with Crippen LogP contribution in [0, 0.1) is 0 Å². The van der Waals surface area contributed by atoms with E-state index in [4.69, 9.17) is 9.47 Å². The van der Waals surface area contributed by atoms with Crippen LogP contribution in [0.4, 0.5) is 0 Å². The summed E-state index contributed by atoms with van der Waals surface area (Å²) >= 11 is 0. The van der Waals surface area contributed by atoms with Crippen LogP contribution in [0.15, 0.2) is 18.5 Å². The molecule has 0 saturated carbocycles. The topological polar surface area (TPSA) is 86.2 Å². The molecule has 0 aliphatic heterocycles. The Balaban J connectivity index is 2.50. The van der Waals surface area contributed by atoms with Crippen LogP contribution in [0.3, 0.4) is 0 Å². The number of nitrogens with zero attached hydrogens (tertiary/aromatic N) is 2. The molecule has 0 radical (unpaired) electrons. The maximum absolute atomic E-state index is 12.2.